The second-order valence-electron chi connectivity index (χ2n) is 2.54. The van der Waals surface area contributed by atoms with Gasteiger partial charge in [-0.15, -0.1) is 11.3 Å². The molecule has 0 spiro atoms. The first-order valence-corrected chi connectivity index (χ1v) is 4.58. The summed E-state index contributed by atoms with van der Waals surface area (Å²) in [5, 5.41) is 10.3. The molecule has 6 heteroatoms. The molecule has 1 rings (SSSR count). The van der Waals surface area contributed by atoms with Crippen molar-refractivity contribution < 1.29 is 18.3 Å². The van der Waals surface area contributed by atoms with E-state index < -0.39 is 12.3 Å². The molecule has 0 amide bonds. The molecule has 1 N–H and O–H groups in total. The first-order chi connectivity index (χ1) is 5.84. The number of aryl methyl sites for hydroxylation is 1. The lowest BCUT2D eigenvalue weighted by atomic mass is 10.2. The molecule has 0 aliphatic heterocycles. The van der Waals surface area contributed by atoms with Gasteiger partial charge < -0.3 is 5.11 Å². The summed E-state index contributed by atoms with van der Waals surface area (Å²) in [4.78, 5) is -0.244. The first kappa shape index (κ1) is 10.8. The Morgan fingerprint density at radius 1 is 1.54 bits per heavy atom. The topological polar surface area (TPSA) is 20.2 Å². The van der Waals surface area contributed by atoms with E-state index in [0.717, 1.165) is 11.3 Å². The molecule has 1 atom stereocenters. The zero-order valence-electron chi connectivity index (χ0n) is 6.52. The summed E-state index contributed by atoms with van der Waals surface area (Å²) in [6.07, 6.45) is -7.13. The van der Waals surface area contributed by atoms with Gasteiger partial charge in [0, 0.05) is 0 Å². The summed E-state index contributed by atoms with van der Waals surface area (Å²) in [5.41, 5.74) is 0.546. The van der Waals surface area contributed by atoms with Crippen molar-refractivity contribution in [3.8, 4) is 0 Å². The predicted octanol–water partition coefficient (Wildman–Crippen LogP) is 3.31. The Bertz CT molecular complexity index is 307. The summed E-state index contributed by atoms with van der Waals surface area (Å²) in [6, 6.07) is 0. The Labute approximate surface area is 81.8 Å². The Kier molecular flexibility index (Phi) is 2.89. The Balaban J connectivity index is 3.02. The van der Waals surface area contributed by atoms with Gasteiger partial charge in [-0.25, -0.2) is 0 Å². The van der Waals surface area contributed by atoms with Gasteiger partial charge in [-0.1, -0.05) is 11.6 Å². The second-order valence-corrected chi connectivity index (χ2v) is 3.83. The Morgan fingerprint density at radius 2 is 2.08 bits per heavy atom. The molecule has 1 aromatic rings. The van der Waals surface area contributed by atoms with Gasteiger partial charge in [-0.05, 0) is 17.9 Å². The molecule has 0 unspecified atom stereocenters. The van der Waals surface area contributed by atoms with E-state index in [0.29, 0.717) is 5.56 Å². The molecule has 0 aliphatic carbocycles. The normalized spacial score (nSPS) is 14.6. The minimum atomic E-state index is -4.65. The fraction of sp³-hybridized carbons (Fsp3) is 0.429. The molecule has 0 aromatic carbocycles. The lowest BCUT2D eigenvalue weighted by Gasteiger charge is -2.12. The molecule has 0 fully saturated rings. The first-order valence-electron chi connectivity index (χ1n) is 3.32. The molecule has 0 aliphatic rings. The van der Waals surface area contributed by atoms with Crippen molar-refractivity contribution >= 4 is 22.9 Å². The second kappa shape index (κ2) is 3.48. The number of aliphatic hydroxyl groups excluding tert-OH is 1. The van der Waals surface area contributed by atoms with E-state index in [1.54, 1.807) is 6.92 Å². The van der Waals surface area contributed by atoms with Gasteiger partial charge in [0.1, 0.15) is 0 Å². The van der Waals surface area contributed by atoms with Crippen molar-refractivity contribution in [2.45, 2.75) is 19.2 Å². The van der Waals surface area contributed by atoms with E-state index in [2.05, 4.69) is 0 Å². The third-order valence-electron chi connectivity index (χ3n) is 1.48. The smallest absolute Gasteiger partial charge is 0.379 e. The van der Waals surface area contributed by atoms with Crippen LogP contribution in [0.4, 0.5) is 13.2 Å². The van der Waals surface area contributed by atoms with Crippen LogP contribution in [0.3, 0.4) is 0 Å². The molecular formula is C7H6ClF3OS. The van der Waals surface area contributed by atoms with Crippen LogP contribution in [0, 0.1) is 6.92 Å². The lowest BCUT2D eigenvalue weighted by Crippen LogP contribution is -2.19. The molecule has 1 heterocycles. The fourth-order valence-electron chi connectivity index (χ4n) is 0.783. The van der Waals surface area contributed by atoms with Crippen LogP contribution in [0.15, 0.2) is 5.38 Å². The van der Waals surface area contributed by atoms with Crippen LogP contribution in [0.1, 0.15) is 16.5 Å². The van der Waals surface area contributed by atoms with Crippen LogP contribution in [-0.4, -0.2) is 11.3 Å². The summed E-state index contributed by atoms with van der Waals surface area (Å²) in [7, 11) is 0. The van der Waals surface area contributed by atoms with Crippen LogP contribution in [-0.2, 0) is 0 Å². The Morgan fingerprint density at radius 3 is 2.38 bits per heavy atom. The average Bonchev–Trinajstić information content (AvgIpc) is 2.30. The van der Waals surface area contributed by atoms with E-state index in [9.17, 15) is 13.2 Å². The van der Waals surface area contributed by atoms with E-state index >= 15 is 0 Å². The number of alkyl halides is 3. The highest BCUT2D eigenvalue weighted by molar-refractivity contribution is 7.10. The van der Waals surface area contributed by atoms with Crippen LogP contribution in [0.25, 0.3) is 0 Å². The highest BCUT2D eigenvalue weighted by Crippen LogP contribution is 2.40. The minimum absolute atomic E-state index is 0.00479. The highest BCUT2D eigenvalue weighted by Gasteiger charge is 2.41. The average molecular weight is 231 g/mol. The standard InChI is InChI=1S/C7H6ClF3OS/c1-3-2-13-5(4(3)8)6(12)7(9,10)11/h2,6,12H,1H3/t6-/m0/s1. The maximum atomic E-state index is 12.0. The van der Waals surface area contributed by atoms with Crippen molar-refractivity contribution in [3.63, 3.8) is 0 Å². The third kappa shape index (κ3) is 2.15. The van der Waals surface area contributed by atoms with Gasteiger partial charge in [-0.3, -0.25) is 0 Å². The maximum absolute atomic E-state index is 12.0. The number of rotatable bonds is 1. The van der Waals surface area contributed by atoms with E-state index in [-0.39, 0.29) is 9.90 Å². The van der Waals surface area contributed by atoms with E-state index in [1.165, 1.54) is 5.38 Å². The van der Waals surface area contributed by atoms with Crippen molar-refractivity contribution in [3.05, 3.63) is 20.8 Å². The summed E-state index contributed by atoms with van der Waals surface area (Å²) >= 11 is 6.37. The number of hydrogen-bond donors (Lipinski definition) is 1. The van der Waals surface area contributed by atoms with Gasteiger partial charge in [-0.2, -0.15) is 13.2 Å². The molecule has 1 nitrogen and oxygen atoms in total. The monoisotopic (exact) mass is 230 g/mol. The zero-order valence-corrected chi connectivity index (χ0v) is 8.09. The van der Waals surface area contributed by atoms with E-state index in [4.69, 9.17) is 16.7 Å². The molecular weight excluding hydrogens is 225 g/mol. The number of thiophene rings is 1. The molecule has 0 radical (unpaired) electrons. The van der Waals surface area contributed by atoms with Crippen LogP contribution >= 0.6 is 22.9 Å². The molecule has 0 saturated heterocycles. The number of aliphatic hydroxyl groups is 1. The van der Waals surface area contributed by atoms with Crippen LogP contribution in [0.2, 0.25) is 5.02 Å². The van der Waals surface area contributed by atoms with Crippen molar-refractivity contribution in [1.29, 1.82) is 0 Å². The van der Waals surface area contributed by atoms with Crippen molar-refractivity contribution in [2.24, 2.45) is 0 Å². The van der Waals surface area contributed by atoms with Gasteiger partial charge in [0.2, 0.25) is 0 Å². The van der Waals surface area contributed by atoms with Gasteiger partial charge in [0.25, 0.3) is 0 Å². The van der Waals surface area contributed by atoms with Crippen LogP contribution in [0.5, 0.6) is 0 Å². The largest absolute Gasteiger partial charge is 0.419 e. The highest BCUT2D eigenvalue weighted by atomic mass is 35.5. The molecule has 13 heavy (non-hydrogen) atoms. The molecule has 0 bridgehead atoms. The molecule has 74 valence electrons. The summed E-state index contributed by atoms with van der Waals surface area (Å²) in [6.45, 7) is 1.59. The SMILES string of the molecule is Cc1csc([C@H](O)C(F)(F)F)c1Cl. The summed E-state index contributed by atoms with van der Waals surface area (Å²) < 4.78 is 36.1. The number of hydrogen-bond acceptors (Lipinski definition) is 2. The minimum Gasteiger partial charge on any atom is -0.379 e. The Hall–Kier alpha value is -0.260. The zero-order chi connectivity index (χ0) is 10.2. The molecule has 1 aromatic heterocycles. The van der Waals surface area contributed by atoms with Crippen LogP contribution < -0.4 is 0 Å². The molecule has 0 saturated carbocycles. The van der Waals surface area contributed by atoms with E-state index in [1.807, 2.05) is 0 Å². The maximum Gasteiger partial charge on any atom is 0.419 e. The van der Waals surface area contributed by atoms with Crippen molar-refractivity contribution in [2.75, 3.05) is 0 Å². The fourth-order valence-corrected chi connectivity index (χ4v) is 2.09. The van der Waals surface area contributed by atoms with Gasteiger partial charge in [0.05, 0.1) is 9.90 Å². The van der Waals surface area contributed by atoms with Crippen molar-refractivity contribution in [1.82, 2.24) is 0 Å². The number of halogens is 4. The van der Waals surface area contributed by atoms with Gasteiger partial charge >= 0.3 is 6.18 Å². The third-order valence-corrected chi connectivity index (χ3v) is 3.25. The quantitative estimate of drug-likeness (QED) is 0.785. The van der Waals surface area contributed by atoms with Gasteiger partial charge in [0.15, 0.2) is 6.10 Å². The summed E-state index contributed by atoms with van der Waals surface area (Å²) in [5.74, 6) is 0. The predicted molar refractivity (Wildman–Crippen MR) is 45.1 cm³/mol. The lowest BCUT2D eigenvalue weighted by molar-refractivity contribution is -0.205.